The Morgan fingerprint density at radius 1 is 1.19 bits per heavy atom. The number of halogens is 1. The van der Waals surface area contributed by atoms with Crippen LogP contribution in [0.2, 0.25) is 0 Å². The number of imidazole rings is 1. The first-order valence-corrected chi connectivity index (χ1v) is 12.2. The van der Waals surface area contributed by atoms with Gasteiger partial charge in [-0.15, -0.1) is 0 Å². The van der Waals surface area contributed by atoms with E-state index >= 15 is 0 Å². The third-order valence-corrected chi connectivity index (χ3v) is 6.36. The third-order valence-electron chi connectivity index (χ3n) is 6.36. The van der Waals surface area contributed by atoms with Gasteiger partial charge in [-0.3, -0.25) is 9.59 Å². The van der Waals surface area contributed by atoms with Crippen LogP contribution >= 0.6 is 0 Å². The molecular formula is C25H32FN7O3. The molecule has 0 spiro atoms. The number of H-pyrrole nitrogens is 1. The molecule has 2 saturated heterocycles. The Morgan fingerprint density at radius 2 is 1.92 bits per heavy atom. The quantitative estimate of drug-likeness (QED) is 0.539. The molecule has 1 aromatic carbocycles. The van der Waals surface area contributed by atoms with E-state index in [-0.39, 0.29) is 11.5 Å². The topological polar surface area (TPSA) is 120 Å². The Bertz CT molecular complexity index is 1190. The lowest BCUT2D eigenvalue weighted by atomic mass is 10.1. The number of morpholine rings is 1. The molecule has 2 amide bonds. The zero-order chi connectivity index (χ0) is 25.7. The molecule has 2 fully saturated rings. The van der Waals surface area contributed by atoms with E-state index in [0.717, 1.165) is 37.7 Å². The van der Waals surface area contributed by atoms with Crippen LogP contribution < -0.4 is 10.6 Å². The normalized spacial score (nSPS) is 17.6. The zero-order valence-electron chi connectivity index (χ0n) is 20.5. The summed E-state index contributed by atoms with van der Waals surface area (Å²) < 4.78 is 19.2. The van der Waals surface area contributed by atoms with E-state index in [9.17, 15) is 14.0 Å². The van der Waals surface area contributed by atoms with Crippen molar-refractivity contribution in [2.75, 3.05) is 57.4 Å². The first-order chi connectivity index (χ1) is 17.4. The minimum Gasteiger partial charge on any atom is -0.378 e. The Morgan fingerprint density at radius 3 is 2.56 bits per heavy atom. The van der Waals surface area contributed by atoms with Gasteiger partial charge in [0.15, 0.2) is 0 Å². The summed E-state index contributed by atoms with van der Waals surface area (Å²) in [6.07, 6.45) is 5.04. The van der Waals surface area contributed by atoms with E-state index in [1.54, 1.807) is 11.1 Å². The molecule has 0 saturated carbocycles. The number of piperazine rings is 1. The molecule has 0 aliphatic carbocycles. The maximum atomic E-state index is 13.9. The van der Waals surface area contributed by atoms with E-state index in [1.807, 2.05) is 0 Å². The molecule has 3 N–H and O–H groups in total. The standard InChI is InChI=1S/C25H32FN7O3/c1-3-5-18(16-28-20(4-2)24(35)32-10-12-36-13-11-32)31-6-8-33(9-7-31)25-29-21-15-17(26)14-19(23(27)34)22(21)30-25/h4,14-16H,2-3,5-13H2,1H3,(H2,27,34)(H,29,30)/b18-16+,28-20+. The first-order valence-electron chi connectivity index (χ1n) is 12.2. The number of anilines is 1. The maximum Gasteiger partial charge on any atom is 0.272 e. The van der Waals surface area contributed by atoms with Crippen molar-refractivity contribution in [1.29, 1.82) is 0 Å². The number of allylic oxidation sites excluding steroid dienone is 1. The Hall–Kier alpha value is -3.73. The van der Waals surface area contributed by atoms with Gasteiger partial charge in [0.05, 0.1) is 24.3 Å². The number of carbonyl (C=O) groups is 2. The van der Waals surface area contributed by atoms with Gasteiger partial charge >= 0.3 is 0 Å². The van der Waals surface area contributed by atoms with E-state index in [0.29, 0.717) is 62.1 Å². The average molecular weight is 498 g/mol. The lowest BCUT2D eigenvalue weighted by Gasteiger charge is -2.37. The predicted molar refractivity (Wildman–Crippen MR) is 136 cm³/mol. The molecule has 0 radical (unpaired) electrons. The molecule has 10 nitrogen and oxygen atoms in total. The van der Waals surface area contributed by atoms with Crippen LogP contribution in [-0.4, -0.2) is 89.8 Å². The number of primary amides is 1. The van der Waals surface area contributed by atoms with Gasteiger partial charge < -0.3 is 30.2 Å². The van der Waals surface area contributed by atoms with Gasteiger partial charge in [0, 0.05) is 51.2 Å². The number of aliphatic imine (C=N–C) groups is 1. The summed E-state index contributed by atoms with van der Waals surface area (Å²) in [5.74, 6) is -0.829. The van der Waals surface area contributed by atoms with Crippen molar-refractivity contribution in [3.8, 4) is 0 Å². The van der Waals surface area contributed by atoms with Crippen molar-refractivity contribution < 1.29 is 18.7 Å². The summed E-state index contributed by atoms with van der Waals surface area (Å²) in [4.78, 5) is 42.7. The highest BCUT2D eigenvalue weighted by molar-refractivity contribution is 6.43. The summed E-state index contributed by atoms with van der Waals surface area (Å²) in [6, 6.07) is 2.42. The third kappa shape index (κ3) is 5.56. The summed E-state index contributed by atoms with van der Waals surface area (Å²) in [5, 5.41) is 0. The van der Waals surface area contributed by atoms with Crippen LogP contribution in [-0.2, 0) is 9.53 Å². The van der Waals surface area contributed by atoms with E-state index in [2.05, 4.69) is 38.3 Å². The smallest absolute Gasteiger partial charge is 0.272 e. The highest BCUT2D eigenvalue weighted by atomic mass is 19.1. The fourth-order valence-corrected chi connectivity index (χ4v) is 4.44. The van der Waals surface area contributed by atoms with E-state index in [4.69, 9.17) is 10.5 Å². The average Bonchev–Trinajstić information content (AvgIpc) is 3.32. The minimum absolute atomic E-state index is 0.0572. The van der Waals surface area contributed by atoms with Crippen LogP contribution in [0.3, 0.4) is 0 Å². The summed E-state index contributed by atoms with van der Waals surface area (Å²) in [6.45, 7) is 10.8. The molecule has 192 valence electrons. The Kier molecular flexibility index (Phi) is 7.99. The largest absolute Gasteiger partial charge is 0.378 e. The summed E-state index contributed by atoms with van der Waals surface area (Å²) in [7, 11) is 0. The van der Waals surface area contributed by atoms with Gasteiger partial charge in [0.2, 0.25) is 5.95 Å². The second-order valence-electron chi connectivity index (χ2n) is 8.74. The number of nitrogens with zero attached hydrogens (tertiary/aromatic N) is 5. The van der Waals surface area contributed by atoms with Gasteiger partial charge in [-0.05, 0) is 24.6 Å². The number of aromatic amines is 1. The number of hydrogen-bond acceptors (Lipinski definition) is 7. The number of nitrogens with one attached hydrogen (secondary N) is 1. The fraction of sp³-hybridized carbons (Fsp3) is 0.440. The fourth-order valence-electron chi connectivity index (χ4n) is 4.44. The summed E-state index contributed by atoms with van der Waals surface area (Å²) >= 11 is 0. The minimum atomic E-state index is -0.719. The molecule has 11 heteroatoms. The van der Waals surface area contributed by atoms with Crippen LogP contribution in [0.15, 0.2) is 41.7 Å². The number of hydrogen-bond donors (Lipinski definition) is 2. The van der Waals surface area contributed by atoms with Crippen molar-refractivity contribution in [2.45, 2.75) is 19.8 Å². The molecule has 1 aromatic heterocycles. The van der Waals surface area contributed by atoms with E-state index < -0.39 is 11.7 Å². The molecule has 2 aliphatic rings. The number of rotatable bonds is 8. The number of nitrogens with two attached hydrogens (primary N) is 1. The highest BCUT2D eigenvalue weighted by Crippen LogP contribution is 2.24. The van der Waals surface area contributed by atoms with Crippen molar-refractivity contribution >= 4 is 34.5 Å². The van der Waals surface area contributed by atoms with Crippen LogP contribution in [0, 0.1) is 5.82 Å². The maximum absolute atomic E-state index is 13.9. The molecule has 0 unspecified atom stereocenters. The molecule has 2 aliphatic heterocycles. The molecular weight excluding hydrogens is 465 g/mol. The van der Waals surface area contributed by atoms with Gasteiger partial charge in [-0.25, -0.2) is 14.4 Å². The lowest BCUT2D eigenvalue weighted by Crippen LogP contribution is -2.46. The van der Waals surface area contributed by atoms with Crippen LogP contribution in [0.1, 0.15) is 30.1 Å². The summed E-state index contributed by atoms with van der Waals surface area (Å²) in [5.41, 5.74) is 7.63. The number of aromatic nitrogens is 2. The van der Waals surface area contributed by atoms with Gasteiger partial charge in [0.1, 0.15) is 17.0 Å². The molecule has 2 aromatic rings. The van der Waals surface area contributed by atoms with Crippen molar-refractivity contribution in [1.82, 2.24) is 19.8 Å². The molecule has 3 heterocycles. The number of fused-ring (bicyclic) bond motifs is 1. The number of ether oxygens (including phenoxy) is 1. The van der Waals surface area contributed by atoms with Gasteiger partial charge in [-0.2, -0.15) is 0 Å². The molecule has 36 heavy (non-hydrogen) atoms. The predicted octanol–water partition coefficient (Wildman–Crippen LogP) is 2.05. The monoisotopic (exact) mass is 497 g/mol. The molecule has 0 bridgehead atoms. The van der Waals surface area contributed by atoms with Crippen molar-refractivity contribution in [2.24, 2.45) is 10.7 Å². The second-order valence-corrected chi connectivity index (χ2v) is 8.74. The molecule has 0 atom stereocenters. The Labute approximate surface area is 209 Å². The van der Waals surface area contributed by atoms with Crippen LogP contribution in [0.5, 0.6) is 0 Å². The Balaban J connectivity index is 1.47. The molecule has 4 rings (SSSR count). The van der Waals surface area contributed by atoms with Gasteiger partial charge in [-0.1, -0.05) is 19.9 Å². The first kappa shape index (κ1) is 25.4. The highest BCUT2D eigenvalue weighted by Gasteiger charge is 2.23. The van der Waals surface area contributed by atoms with E-state index in [1.165, 1.54) is 12.1 Å². The van der Waals surface area contributed by atoms with Gasteiger partial charge in [0.25, 0.3) is 11.8 Å². The van der Waals surface area contributed by atoms with Crippen LogP contribution in [0.25, 0.3) is 11.0 Å². The SMILES string of the molecule is C=C/C(=N\C=C(/CCC)N1CCN(c2nc3c(C(N)=O)cc(F)cc3[nH]2)CC1)C(=O)N1CCOCC1. The number of benzene rings is 1. The second kappa shape index (κ2) is 11.3. The lowest BCUT2D eigenvalue weighted by molar-refractivity contribution is -0.127. The van der Waals surface area contributed by atoms with Crippen molar-refractivity contribution in [3.05, 3.63) is 48.1 Å². The number of amides is 2. The van der Waals surface area contributed by atoms with Crippen LogP contribution in [0.4, 0.5) is 10.3 Å². The van der Waals surface area contributed by atoms with Crippen molar-refractivity contribution in [3.63, 3.8) is 0 Å². The number of carbonyl (C=O) groups excluding carboxylic acids is 2. The zero-order valence-corrected chi connectivity index (χ0v) is 20.5.